The molecule has 0 saturated heterocycles. The van der Waals surface area contributed by atoms with Gasteiger partial charge in [-0.3, -0.25) is 0 Å². The number of rotatable bonds is 0. The molecule has 1 aromatic rings. The van der Waals surface area contributed by atoms with E-state index < -0.39 is 0 Å². The van der Waals surface area contributed by atoms with E-state index in [4.69, 9.17) is 0 Å². The van der Waals surface area contributed by atoms with E-state index in [2.05, 4.69) is 10.2 Å². The van der Waals surface area contributed by atoms with Gasteiger partial charge in [0.1, 0.15) is 0 Å². The normalized spacial score (nSPS) is 32.4. The van der Waals surface area contributed by atoms with Crippen molar-refractivity contribution in [1.82, 2.24) is 10.2 Å². The molecular weight excluding hydrogens is 136 g/mol. The fourth-order valence-corrected chi connectivity index (χ4v) is 2.57. The zero-order valence-electron chi connectivity index (χ0n) is 6.33. The van der Waals surface area contributed by atoms with Crippen molar-refractivity contribution in [1.29, 1.82) is 0 Å². The minimum Gasteiger partial charge on any atom is -0.159 e. The molecular formula is C9H10N2. The molecule has 0 radical (unpaired) electrons. The summed E-state index contributed by atoms with van der Waals surface area (Å²) in [6.45, 7) is 0. The predicted octanol–water partition coefficient (Wildman–Crippen LogP) is 1.84. The highest BCUT2D eigenvalue weighted by atomic mass is 15.1. The topological polar surface area (TPSA) is 25.8 Å². The van der Waals surface area contributed by atoms with E-state index >= 15 is 0 Å². The number of aromatic nitrogens is 2. The van der Waals surface area contributed by atoms with Gasteiger partial charge in [0.15, 0.2) is 0 Å². The number of hydrogen-bond donors (Lipinski definition) is 0. The lowest BCUT2D eigenvalue weighted by atomic mass is 9.95. The van der Waals surface area contributed by atoms with Crippen molar-refractivity contribution in [2.75, 3.05) is 0 Å². The largest absolute Gasteiger partial charge is 0.159 e. The van der Waals surface area contributed by atoms with Gasteiger partial charge >= 0.3 is 0 Å². The summed E-state index contributed by atoms with van der Waals surface area (Å²) in [7, 11) is 0. The molecule has 1 saturated carbocycles. The van der Waals surface area contributed by atoms with E-state index in [0.29, 0.717) is 0 Å². The first-order valence-electron chi connectivity index (χ1n) is 4.25. The highest BCUT2D eigenvalue weighted by Gasteiger charge is 2.36. The number of nitrogens with zero attached hydrogens (tertiary/aromatic N) is 2. The maximum Gasteiger partial charge on any atom is 0.0533 e. The molecule has 0 aliphatic heterocycles. The van der Waals surface area contributed by atoms with Gasteiger partial charge in [-0.2, -0.15) is 10.2 Å². The number of fused-ring (bicyclic) bond motifs is 5. The first-order valence-corrected chi connectivity index (χ1v) is 4.25. The molecule has 1 aromatic heterocycles. The van der Waals surface area contributed by atoms with Gasteiger partial charge in [0, 0.05) is 0 Å². The average Bonchev–Trinajstić information content (AvgIpc) is 2.64. The molecule has 2 bridgehead atoms. The Bertz CT molecular complexity index is 266. The molecule has 0 aromatic carbocycles. The summed E-state index contributed by atoms with van der Waals surface area (Å²) in [5, 5.41) is 7.85. The summed E-state index contributed by atoms with van der Waals surface area (Å²) in [6, 6.07) is 0. The summed E-state index contributed by atoms with van der Waals surface area (Å²) in [4.78, 5) is 0. The van der Waals surface area contributed by atoms with Crippen LogP contribution < -0.4 is 0 Å². The van der Waals surface area contributed by atoms with Gasteiger partial charge in [-0.05, 0) is 42.2 Å². The lowest BCUT2D eigenvalue weighted by Crippen LogP contribution is -1.99. The van der Waals surface area contributed by atoms with Crippen molar-refractivity contribution in [3.05, 3.63) is 23.5 Å². The summed E-state index contributed by atoms with van der Waals surface area (Å²) in [6.07, 6.45) is 8.04. The molecule has 0 amide bonds. The van der Waals surface area contributed by atoms with Crippen molar-refractivity contribution in [3.8, 4) is 0 Å². The average molecular weight is 146 g/mol. The van der Waals surface area contributed by atoms with Crippen molar-refractivity contribution < 1.29 is 0 Å². The Hall–Kier alpha value is -0.920. The van der Waals surface area contributed by atoms with E-state index in [9.17, 15) is 0 Å². The molecule has 2 atom stereocenters. The third-order valence-corrected chi connectivity index (χ3v) is 3.11. The van der Waals surface area contributed by atoms with Gasteiger partial charge < -0.3 is 0 Å². The molecule has 2 heteroatoms. The van der Waals surface area contributed by atoms with E-state index in [-0.39, 0.29) is 0 Å². The minimum absolute atomic E-state index is 0.825. The van der Waals surface area contributed by atoms with Gasteiger partial charge in [0.05, 0.1) is 12.4 Å². The van der Waals surface area contributed by atoms with Gasteiger partial charge in [0.25, 0.3) is 0 Å². The van der Waals surface area contributed by atoms with Crippen LogP contribution >= 0.6 is 0 Å². The highest BCUT2D eigenvalue weighted by molar-refractivity contribution is 5.37. The summed E-state index contributed by atoms with van der Waals surface area (Å²) >= 11 is 0. The van der Waals surface area contributed by atoms with Crippen LogP contribution in [0.3, 0.4) is 0 Å². The van der Waals surface area contributed by atoms with Crippen LogP contribution in [-0.4, -0.2) is 10.2 Å². The van der Waals surface area contributed by atoms with Gasteiger partial charge in [-0.15, -0.1) is 0 Å². The monoisotopic (exact) mass is 146 g/mol. The first kappa shape index (κ1) is 5.70. The zero-order chi connectivity index (χ0) is 7.26. The Labute approximate surface area is 65.7 Å². The maximum atomic E-state index is 3.93. The standard InChI is InChI=1S/C9H10N2/c1-2-7-3-6(1)8-4-10-11-5-9(7)8/h4-7H,1-3H2. The fourth-order valence-electron chi connectivity index (χ4n) is 2.57. The summed E-state index contributed by atoms with van der Waals surface area (Å²) in [5.74, 6) is 1.65. The molecule has 1 heterocycles. The first-order chi connectivity index (χ1) is 5.45. The molecule has 2 nitrogen and oxygen atoms in total. The van der Waals surface area contributed by atoms with Crippen LogP contribution in [0.4, 0.5) is 0 Å². The lowest BCUT2D eigenvalue weighted by molar-refractivity contribution is 0.704. The van der Waals surface area contributed by atoms with Crippen LogP contribution in [0.1, 0.15) is 42.2 Å². The smallest absolute Gasteiger partial charge is 0.0533 e. The molecule has 1 fully saturated rings. The van der Waals surface area contributed by atoms with E-state index in [1.807, 2.05) is 12.4 Å². The molecule has 0 spiro atoms. The highest BCUT2D eigenvalue weighted by Crippen LogP contribution is 2.52. The predicted molar refractivity (Wildman–Crippen MR) is 41.4 cm³/mol. The van der Waals surface area contributed by atoms with Crippen LogP contribution in [0, 0.1) is 0 Å². The molecule has 2 aliphatic rings. The number of hydrogen-bond acceptors (Lipinski definition) is 2. The molecule has 0 N–H and O–H groups in total. The Balaban J connectivity index is 2.23. The lowest BCUT2D eigenvalue weighted by Gasteiger charge is -2.11. The quantitative estimate of drug-likeness (QED) is 0.558. The van der Waals surface area contributed by atoms with Gasteiger partial charge in [-0.25, -0.2) is 0 Å². The van der Waals surface area contributed by atoms with Crippen molar-refractivity contribution >= 4 is 0 Å². The zero-order valence-corrected chi connectivity index (χ0v) is 6.33. The summed E-state index contributed by atoms with van der Waals surface area (Å²) in [5.41, 5.74) is 2.97. The molecule has 3 rings (SSSR count). The third-order valence-electron chi connectivity index (χ3n) is 3.11. The van der Waals surface area contributed by atoms with Crippen LogP contribution in [0.25, 0.3) is 0 Å². The van der Waals surface area contributed by atoms with Crippen molar-refractivity contribution in [3.63, 3.8) is 0 Å². The second kappa shape index (κ2) is 1.81. The van der Waals surface area contributed by atoms with Gasteiger partial charge in [0.2, 0.25) is 0 Å². The molecule has 2 aliphatic carbocycles. The third kappa shape index (κ3) is 0.621. The Morgan fingerprint density at radius 1 is 1.00 bits per heavy atom. The molecule has 11 heavy (non-hydrogen) atoms. The SMILES string of the molecule is c1nncc2c1C1CCC2C1. The van der Waals surface area contributed by atoms with Crippen LogP contribution in [-0.2, 0) is 0 Å². The molecule has 56 valence electrons. The van der Waals surface area contributed by atoms with E-state index in [1.165, 1.54) is 30.4 Å². The van der Waals surface area contributed by atoms with Crippen LogP contribution in [0.15, 0.2) is 12.4 Å². The van der Waals surface area contributed by atoms with Crippen molar-refractivity contribution in [2.24, 2.45) is 0 Å². The van der Waals surface area contributed by atoms with Crippen LogP contribution in [0.2, 0.25) is 0 Å². The second-order valence-electron chi connectivity index (χ2n) is 3.61. The minimum atomic E-state index is 0.825. The van der Waals surface area contributed by atoms with Crippen LogP contribution in [0.5, 0.6) is 0 Å². The maximum absolute atomic E-state index is 3.93. The molecule has 2 unspecified atom stereocenters. The summed E-state index contributed by atoms with van der Waals surface area (Å²) < 4.78 is 0. The Morgan fingerprint density at radius 2 is 1.55 bits per heavy atom. The van der Waals surface area contributed by atoms with E-state index in [1.54, 1.807) is 0 Å². The Morgan fingerprint density at radius 3 is 2.09 bits per heavy atom. The second-order valence-corrected chi connectivity index (χ2v) is 3.61. The van der Waals surface area contributed by atoms with Gasteiger partial charge in [-0.1, -0.05) is 0 Å². The van der Waals surface area contributed by atoms with Crippen molar-refractivity contribution in [2.45, 2.75) is 31.1 Å². The van der Waals surface area contributed by atoms with E-state index in [0.717, 1.165) is 11.8 Å². The Kier molecular flexibility index (Phi) is 0.939. The fraction of sp³-hybridized carbons (Fsp3) is 0.556.